The van der Waals surface area contributed by atoms with E-state index in [0.717, 1.165) is 0 Å². The lowest BCUT2D eigenvalue weighted by Gasteiger charge is -2.18. The summed E-state index contributed by atoms with van der Waals surface area (Å²) in [5.41, 5.74) is 8.13. The number of hydrogen-bond acceptors (Lipinski definition) is 6. The maximum Gasteiger partial charge on any atom is 0.183 e. The summed E-state index contributed by atoms with van der Waals surface area (Å²) in [7, 11) is 0. The van der Waals surface area contributed by atoms with Crippen LogP contribution in [0.3, 0.4) is 0 Å². The monoisotopic (exact) mass is 205 g/mol. The summed E-state index contributed by atoms with van der Waals surface area (Å²) in [6, 6.07) is -1.03. The molecule has 0 amide bonds. The van der Waals surface area contributed by atoms with Crippen LogP contribution in [0.25, 0.3) is 10.4 Å². The van der Waals surface area contributed by atoms with Crippen molar-refractivity contribution in [3.63, 3.8) is 0 Å². The Labute approximate surface area is 79.0 Å². The van der Waals surface area contributed by atoms with Gasteiger partial charge in [0.25, 0.3) is 0 Å². The highest BCUT2D eigenvalue weighted by molar-refractivity contribution is 4.93. The summed E-state index contributed by atoms with van der Waals surface area (Å²) in [6.07, 6.45) is -5.46. The summed E-state index contributed by atoms with van der Waals surface area (Å²) in [6.45, 7) is -0.536. The van der Waals surface area contributed by atoms with E-state index in [1.54, 1.807) is 0 Å². The van der Waals surface area contributed by atoms with Crippen LogP contribution in [0, 0.1) is 0 Å². The molecule has 1 fully saturated rings. The van der Waals surface area contributed by atoms with Crippen LogP contribution >= 0.6 is 0 Å². The molecule has 1 saturated heterocycles. The van der Waals surface area contributed by atoms with Crippen molar-refractivity contribution in [3.05, 3.63) is 10.4 Å². The Bertz CT molecular complexity index is 244. The van der Waals surface area contributed by atoms with E-state index in [0.29, 0.717) is 0 Å². The van der Waals surface area contributed by atoms with Gasteiger partial charge in [-0.1, -0.05) is 5.11 Å². The zero-order valence-electron chi connectivity index (χ0n) is 7.13. The van der Waals surface area contributed by atoms with Gasteiger partial charge in [0, 0.05) is 4.91 Å². The molecule has 1 heterocycles. The molecule has 8 heteroatoms. The second kappa shape index (κ2) is 4.56. The first-order valence-electron chi connectivity index (χ1n) is 3.96. The molecular weight excluding hydrogens is 194 g/mol. The topological polar surface area (TPSA) is 139 Å². The minimum Gasteiger partial charge on any atom is -0.396 e. The minimum absolute atomic E-state index is 0.536. The van der Waals surface area contributed by atoms with Crippen LogP contribution in [0.1, 0.15) is 0 Å². The van der Waals surface area contributed by atoms with E-state index < -0.39 is 37.3 Å². The molecule has 0 aromatic heterocycles. The molecule has 0 radical (unpaired) electrons. The van der Waals surface area contributed by atoms with E-state index >= 15 is 0 Å². The third-order valence-electron chi connectivity index (χ3n) is 2.04. The first-order valence-corrected chi connectivity index (χ1v) is 3.96. The molecule has 8 nitrogen and oxygen atoms in total. The molecule has 0 spiro atoms. The highest BCUT2D eigenvalue weighted by Gasteiger charge is 2.45. The molecule has 0 saturated carbocycles. The quantitative estimate of drug-likeness (QED) is 0.242. The summed E-state index contributed by atoms with van der Waals surface area (Å²) in [5, 5.41) is 39.4. The molecule has 0 bridgehead atoms. The van der Waals surface area contributed by atoms with E-state index in [1.165, 1.54) is 0 Å². The number of rotatable bonds is 3. The first kappa shape index (κ1) is 11.2. The van der Waals surface area contributed by atoms with Gasteiger partial charge in [-0.25, -0.2) is 0 Å². The van der Waals surface area contributed by atoms with E-state index in [2.05, 4.69) is 10.0 Å². The van der Waals surface area contributed by atoms with Gasteiger partial charge in [-0.2, -0.15) is 0 Å². The van der Waals surface area contributed by atoms with Crippen LogP contribution in [0.4, 0.5) is 0 Å². The van der Waals surface area contributed by atoms with Gasteiger partial charge in [-0.3, -0.25) is 0 Å². The predicted molar refractivity (Wildman–Crippen MR) is 42.9 cm³/mol. The fraction of sp³-hybridized carbons (Fsp3) is 1.00. The summed E-state index contributed by atoms with van der Waals surface area (Å²) < 4.78 is 4.72. The molecule has 80 valence electrons. The van der Waals surface area contributed by atoms with Crippen LogP contribution in [0.15, 0.2) is 5.11 Å². The van der Waals surface area contributed by atoms with Gasteiger partial charge in [-0.05, 0) is 5.53 Å². The standard InChI is InChI=1S/C6H11N3O5/c7-9-8-2(1-10)5-3(11)4(12)6(13)14-5/h2-6,10-13H,1H2/t2-,3?,4?,5?,6?/m0/s1. The van der Waals surface area contributed by atoms with Crippen molar-refractivity contribution in [2.75, 3.05) is 6.61 Å². The Balaban J connectivity index is 2.73. The Morgan fingerprint density at radius 1 is 1.36 bits per heavy atom. The summed E-state index contributed by atoms with van der Waals surface area (Å²) >= 11 is 0. The summed E-state index contributed by atoms with van der Waals surface area (Å²) in [4.78, 5) is 2.45. The predicted octanol–water partition coefficient (Wildman–Crippen LogP) is -1.90. The molecule has 4 N–H and O–H groups in total. The number of nitrogens with zero attached hydrogens (tertiary/aromatic N) is 3. The molecule has 1 rings (SSSR count). The molecule has 5 atom stereocenters. The smallest absolute Gasteiger partial charge is 0.183 e. The fourth-order valence-electron chi connectivity index (χ4n) is 1.28. The lowest BCUT2D eigenvalue weighted by Crippen LogP contribution is -2.39. The highest BCUT2D eigenvalue weighted by Crippen LogP contribution is 2.23. The summed E-state index contributed by atoms with van der Waals surface area (Å²) in [5.74, 6) is 0. The van der Waals surface area contributed by atoms with E-state index in [4.69, 9.17) is 25.6 Å². The average molecular weight is 205 g/mol. The highest BCUT2D eigenvalue weighted by atomic mass is 16.6. The first-order chi connectivity index (χ1) is 6.61. The molecule has 4 unspecified atom stereocenters. The van der Waals surface area contributed by atoms with Crippen LogP contribution in [-0.4, -0.2) is 57.7 Å². The number of ether oxygens (including phenoxy) is 1. The van der Waals surface area contributed by atoms with Gasteiger partial charge < -0.3 is 25.2 Å². The second-order valence-electron chi connectivity index (χ2n) is 2.93. The number of hydrogen-bond donors (Lipinski definition) is 4. The maximum absolute atomic E-state index is 9.33. The van der Waals surface area contributed by atoms with E-state index in [9.17, 15) is 5.11 Å². The third kappa shape index (κ3) is 1.95. The van der Waals surface area contributed by atoms with Gasteiger partial charge in [0.15, 0.2) is 6.29 Å². The van der Waals surface area contributed by atoms with E-state index in [1.807, 2.05) is 0 Å². The Morgan fingerprint density at radius 2 is 2.00 bits per heavy atom. The zero-order valence-corrected chi connectivity index (χ0v) is 7.13. The van der Waals surface area contributed by atoms with E-state index in [-0.39, 0.29) is 0 Å². The normalized spacial score (nSPS) is 39.1. The van der Waals surface area contributed by atoms with Crippen LogP contribution in [0.2, 0.25) is 0 Å². The van der Waals surface area contributed by atoms with Crippen molar-refractivity contribution in [1.29, 1.82) is 0 Å². The van der Waals surface area contributed by atoms with Gasteiger partial charge in [0.2, 0.25) is 0 Å². The zero-order chi connectivity index (χ0) is 10.7. The Kier molecular flexibility index (Phi) is 3.64. The molecular formula is C6H11N3O5. The number of azide groups is 1. The molecule has 0 aromatic rings. The van der Waals surface area contributed by atoms with Gasteiger partial charge in [-0.15, -0.1) is 0 Å². The molecule has 0 aliphatic carbocycles. The molecule has 0 aromatic carbocycles. The largest absolute Gasteiger partial charge is 0.396 e. The van der Waals surface area contributed by atoms with Gasteiger partial charge >= 0.3 is 0 Å². The molecule has 1 aliphatic rings. The number of aliphatic hydroxyl groups excluding tert-OH is 4. The van der Waals surface area contributed by atoms with Crippen LogP contribution in [-0.2, 0) is 4.74 Å². The van der Waals surface area contributed by atoms with Gasteiger partial charge in [0.1, 0.15) is 18.3 Å². The minimum atomic E-state index is -1.53. The van der Waals surface area contributed by atoms with Crippen molar-refractivity contribution < 1.29 is 25.2 Å². The maximum atomic E-state index is 9.33. The number of aliphatic hydroxyl groups is 4. The van der Waals surface area contributed by atoms with Crippen molar-refractivity contribution in [2.24, 2.45) is 5.11 Å². The van der Waals surface area contributed by atoms with Crippen molar-refractivity contribution >= 4 is 0 Å². The Hall–Kier alpha value is -0.890. The van der Waals surface area contributed by atoms with Crippen molar-refractivity contribution in [3.8, 4) is 0 Å². The van der Waals surface area contributed by atoms with Crippen LogP contribution < -0.4 is 0 Å². The van der Waals surface area contributed by atoms with Crippen molar-refractivity contribution in [1.82, 2.24) is 0 Å². The third-order valence-corrected chi connectivity index (χ3v) is 2.04. The van der Waals surface area contributed by atoms with Gasteiger partial charge in [0.05, 0.1) is 12.6 Å². The Morgan fingerprint density at radius 3 is 2.36 bits per heavy atom. The SMILES string of the molecule is [N-]=[N+]=N[C@@H](CO)C1OC(O)C(O)C1O. The molecule has 14 heavy (non-hydrogen) atoms. The lowest BCUT2D eigenvalue weighted by atomic mass is 10.1. The fourth-order valence-corrected chi connectivity index (χ4v) is 1.28. The van der Waals surface area contributed by atoms with Crippen LogP contribution in [0.5, 0.6) is 0 Å². The molecule has 1 aliphatic heterocycles. The lowest BCUT2D eigenvalue weighted by molar-refractivity contribution is -0.131. The van der Waals surface area contributed by atoms with Crippen molar-refractivity contribution in [2.45, 2.75) is 30.6 Å². The second-order valence-corrected chi connectivity index (χ2v) is 2.93. The average Bonchev–Trinajstić information content (AvgIpc) is 2.42.